The van der Waals surface area contributed by atoms with E-state index in [1.54, 1.807) is 0 Å². The first kappa shape index (κ1) is 7.40. The minimum atomic E-state index is -1.44. The van der Waals surface area contributed by atoms with Crippen molar-refractivity contribution in [1.29, 1.82) is 0 Å². The standard InChI is InChI=1S/C4H5N.Mn.2O/c1-2-4-5-3-1;;;/h1-5H;;;. The Kier molecular flexibility index (Phi) is 5.92. The van der Waals surface area contributed by atoms with Crippen molar-refractivity contribution in [2.75, 3.05) is 0 Å². The third kappa shape index (κ3) is 5.40. The van der Waals surface area contributed by atoms with Gasteiger partial charge in [0.2, 0.25) is 0 Å². The summed E-state index contributed by atoms with van der Waals surface area (Å²) in [4.78, 5) is 2.86. The van der Waals surface area contributed by atoms with E-state index in [1.807, 2.05) is 24.5 Å². The van der Waals surface area contributed by atoms with Crippen LogP contribution in [-0.2, 0) is 22.5 Å². The maximum Gasteiger partial charge on any atom is 0.000496 e. The number of aromatic nitrogens is 1. The Morgan fingerprint density at radius 2 is 1.50 bits per heavy atom. The zero-order chi connectivity index (χ0) is 6.24. The molecule has 0 spiro atoms. The van der Waals surface area contributed by atoms with Crippen molar-refractivity contribution in [2.24, 2.45) is 0 Å². The van der Waals surface area contributed by atoms with Crippen LogP contribution >= 0.6 is 0 Å². The average molecular weight is 154 g/mol. The van der Waals surface area contributed by atoms with Gasteiger partial charge in [-0.25, -0.2) is 0 Å². The van der Waals surface area contributed by atoms with Gasteiger partial charge in [0.05, 0.1) is 0 Å². The molecule has 0 saturated carbocycles. The van der Waals surface area contributed by atoms with E-state index < -0.39 is 14.8 Å². The largest absolute Gasteiger partial charge is 0.368 e. The van der Waals surface area contributed by atoms with Crippen molar-refractivity contribution in [3.8, 4) is 0 Å². The van der Waals surface area contributed by atoms with E-state index in [2.05, 4.69) is 4.98 Å². The van der Waals surface area contributed by atoms with Crippen LogP contribution in [0.1, 0.15) is 0 Å². The van der Waals surface area contributed by atoms with Crippen molar-refractivity contribution in [3.05, 3.63) is 24.5 Å². The van der Waals surface area contributed by atoms with Gasteiger partial charge in [-0.05, 0) is 12.1 Å². The Morgan fingerprint density at radius 1 is 1.12 bits per heavy atom. The van der Waals surface area contributed by atoms with Crippen LogP contribution in [-0.4, -0.2) is 4.98 Å². The second-order valence-electron chi connectivity index (χ2n) is 0.948. The maximum atomic E-state index is 8.41. The van der Waals surface area contributed by atoms with E-state index in [9.17, 15) is 0 Å². The van der Waals surface area contributed by atoms with Crippen LogP contribution in [0.5, 0.6) is 0 Å². The summed E-state index contributed by atoms with van der Waals surface area (Å²) in [6, 6.07) is 3.89. The van der Waals surface area contributed by atoms with Gasteiger partial charge in [-0.3, -0.25) is 0 Å². The second-order valence-corrected chi connectivity index (χ2v) is 1.14. The Hall–Kier alpha value is -0.601. The number of hydrogen-bond donors (Lipinski definition) is 1. The molecule has 0 fully saturated rings. The SMILES string of the molecule is [O]=[Mn]=[O].c1cc[nH]c1. The molecular formula is C4H5MnNO2. The molecule has 3 nitrogen and oxygen atoms in total. The summed E-state index contributed by atoms with van der Waals surface area (Å²) in [5.41, 5.74) is 0. The third-order valence-corrected chi connectivity index (χ3v) is 0.496. The first-order valence-corrected chi connectivity index (χ1v) is 2.85. The Morgan fingerprint density at radius 3 is 1.62 bits per heavy atom. The number of aromatic amines is 1. The molecule has 8 heavy (non-hydrogen) atoms. The molecule has 0 aliphatic carbocycles. The van der Waals surface area contributed by atoms with Crippen LogP contribution in [0, 0.1) is 0 Å². The van der Waals surface area contributed by atoms with Gasteiger partial charge >= 0.3 is 22.5 Å². The van der Waals surface area contributed by atoms with Crippen LogP contribution in [0.3, 0.4) is 0 Å². The Bertz CT molecular complexity index is 126. The van der Waals surface area contributed by atoms with Gasteiger partial charge < -0.3 is 4.98 Å². The van der Waals surface area contributed by atoms with Crippen molar-refractivity contribution in [3.63, 3.8) is 0 Å². The second kappa shape index (κ2) is 6.40. The molecule has 1 rings (SSSR count). The smallest absolute Gasteiger partial charge is 0.000496 e. The molecule has 1 N–H and O–H groups in total. The van der Waals surface area contributed by atoms with Gasteiger partial charge in [-0.15, -0.1) is 0 Å². The molecule has 1 heterocycles. The molecule has 0 radical (unpaired) electrons. The summed E-state index contributed by atoms with van der Waals surface area (Å²) in [6.45, 7) is 0. The molecule has 0 amide bonds. The van der Waals surface area contributed by atoms with E-state index in [-0.39, 0.29) is 0 Å². The molecule has 0 atom stereocenters. The average Bonchev–Trinajstić information content (AvgIpc) is 2.17. The van der Waals surface area contributed by atoms with Crippen LogP contribution in [0.25, 0.3) is 0 Å². The van der Waals surface area contributed by atoms with E-state index in [4.69, 9.17) is 7.67 Å². The zero-order valence-electron chi connectivity index (χ0n) is 4.00. The molecule has 1 aromatic rings. The summed E-state index contributed by atoms with van der Waals surface area (Å²) < 4.78 is 16.8. The van der Waals surface area contributed by atoms with Crippen LogP contribution in [0.15, 0.2) is 24.5 Å². The van der Waals surface area contributed by atoms with Gasteiger partial charge in [0.25, 0.3) is 0 Å². The molecule has 4 heteroatoms. The normalized spacial score (nSPS) is 6.50. The fourth-order valence-corrected chi connectivity index (χ4v) is 0.278. The van der Waals surface area contributed by atoms with E-state index in [0.29, 0.717) is 0 Å². The quantitative estimate of drug-likeness (QED) is 0.561. The van der Waals surface area contributed by atoms with Gasteiger partial charge in [0, 0.05) is 12.4 Å². The minimum absolute atomic E-state index is 1.44. The molecule has 0 aliphatic heterocycles. The maximum absolute atomic E-state index is 8.41. The summed E-state index contributed by atoms with van der Waals surface area (Å²) in [5, 5.41) is 0. The molecule has 0 saturated heterocycles. The van der Waals surface area contributed by atoms with E-state index in [0.717, 1.165) is 0 Å². The zero-order valence-corrected chi connectivity index (χ0v) is 5.18. The molecule has 0 aromatic carbocycles. The summed E-state index contributed by atoms with van der Waals surface area (Å²) >= 11 is -1.44. The van der Waals surface area contributed by atoms with Crippen molar-refractivity contribution < 1.29 is 22.5 Å². The predicted octanol–water partition coefficient (Wildman–Crippen LogP) is 0.775. The van der Waals surface area contributed by atoms with Gasteiger partial charge in [0.1, 0.15) is 0 Å². The summed E-state index contributed by atoms with van der Waals surface area (Å²) in [7, 11) is 0. The first-order chi connectivity index (χ1) is 3.91. The number of H-pyrrole nitrogens is 1. The fraction of sp³-hybridized carbons (Fsp3) is 0. The Balaban J connectivity index is 0.000000145. The summed E-state index contributed by atoms with van der Waals surface area (Å²) in [6.07, 6.45) is 3.75. The van der Waals surface area contributed by atoms with Crippen LogP contribution in [0.4, 0.5) is 0 Å². The summed E-state index contributed by atoms with van der Waals surface area (Å²) in [5.74, 6) is 0. The van der Waals surface area contributed by atoms with Crippen molar-refractivity contribution >= 4 is 0 Å². The van der Waals surface area contributed by atoms with E-state index >= 15 is 0 Å². The first-order valence-electron chi connectivity index (χ1n) is 1.89. The monoisotopic (exact) mass is 154 g/mol. The predicted molar refractivity (Wildman–Crippen MR) is 22.2 cm³/mol. The van der Waals surface area contributed by atoms with Crippen LogP contribution in [0.2, 0.25) is 0 Å². The van der Waals surface area contributed by atoms with Crippen LogP contribution < -0.4 is 0 Å². The van der Waals surface area contributed by atoms with Crippen molar-refractivity contribution in [1.82, 2.24) is 4.98 Å². The molecular weight excluding hydrogens is 149 g/mol. The molecule has 1 aromatic heterocycles. The molecule has 45 valence electrons. The molecule has 0 bridgehead atoms. The number of hydrogen-bond acceptors (Lipinski definition) is 2. The van der Waals surface area contributed by atoms with Gasteiger partial charge in [-0.1, -0.05) is 0 Å². The number of rotatable bonds is 0. The minimum Gasteiger partial charge on any atom is -0.368 e. The van der Waals surface area contributed by atoms with Gasteiger partial charge in [0.15, 0.2) is 0 Å². The Labute approximate surface area is 52.7 Å². The third-order valence-electron chi connectivity index (χ3n) is 0.496. The number of nitrogens with one attached hydrogen (secondary N) is 1. The molecule has 0 aliphatic rings. The fourth-order valence-electron chi connectivity index (χ4n) is 0.278. The van der Waals surface area contributed by atoms with E-state index in [1.165, 1.54) is 0 Å². The van der Waals surface area contributed by atoms with Gasteiger partial charge in [-0.2, -0.15) is 0 Å². The molecule has 0 unspecified atom stereocenters. The van der Waals surface area contributed by atoms with Crippen molar-refractivity contribution in [2.45, 2.75) is 0 Å². The topological polar surface area (TPSA) is 49.9 Å².